The molecule has 2 rings (SSSR count). The van der Waals surface area contributed by atoms with Gasteiger partial charge in [0.2, 0.25) is 5.91 Å². The van der Waals surface area contributed by atoms with E-state index in [0.29, 0.717) is 13.0 Å². The highest BCUT2D eigenvalue weighted by molar-refractivity contribution is 5.79. The zero-order chi connectivity index (χ0) is 16.0. The van der Waals surface area contributed by atoms with Crippen LogP contribution in [-0.2, 0) is 17.8 Å². The molecule has 1 atom stereocenters. The number of benzene rings is 1. The lowest BCUT2D eigenvalue weighted by atomic mass is 9.77. The van der Waals surface area contributed by atoms with E-state index in [1.165, 1.54) is 0 Å². The first-order valence-corrected chi connectivity index (χ1v) is 7.81. The van der Waals surface area contributed by atoms with Gasteiger partial charge in [0.05, 0.1) is 19.6 Å². The number of carbonyl (C=O) groups is 1. The monoisotopic (exact) mass is 303 g/mol. The van der Waals surface area contributed by atoms with Crippen LogP contribution in [0.15, 0.2) is 36.9 Å². The van der Waals surface area contributed by atoms with Crippen molar-refractivity contribution < 1.29 is 15.0 Å². The van der Waals surface area contributed by atoms with Crippen LogP contribution in [0.5, 0.6) is 0 Å². The topological polar surface area (TPSA) is 60.8 Å². The summed E-state index contributed by atoms with van der Waals surface area (Å²) in [5.74, 6) is 0.0957. The van der Waals surface area contributed by atoms with Crippen LogP contribution in [0.25, 0.3) is 0 Å². The summed E-state index contributed by atoms with van der Waals surface area (Å²) in [6.07, 6.45) is 4.78. The zero-order valence-electron chi connectivity index (χ0n) is 13.0. The number of piperidine rings is 1. The number of allylic oxidation sites excluding steroid dienone is 1. The highest BCUT2D eigenvalue weighted by Gasteiger charge is 2.35. The lowest BCUT2D eigenvalue weighted by Gasteiger charge is -2.41. The first-order valence-electron chi connectivity index (χ1n) is 7.81. The Morgan fingerprint density at radius 1 is 1.27 bits per heavy atom. The van der Waals surface area contributed by atoms with Gasteiger partial charge in [0.25, 0.3) is 0 Å². The number of hydrogen-bond acceptors (Lipinski definition) is 3. The SMILES string of the molecule is C=CCC1(CO)CCCN(C(=O)Cc2ccc(CO)cc2)C1. The number of amides is 1. The van der Waals surface area contributed by atoms with Crippen LogP contribution in [0.1, 0.15) is 30.4 Å². The molecule has 0 aliphatic carbocycles. The van der Waals surface area contributed by atoms with Crippen LogP contribution in [0.4, 0.5) is 0 Å². The van der Waals surface area contributed by atoms with Gasteiger partial charge in [0, 0.05) is 18.5 Å². The van der Waals surface area contributed by atoms with E-state index in [-0.39, 0.29) is 24.5 Å². The Labute approximate surface area is 132 Å². The Morgan fingerprint density at radius 3 is 2.55 bits per heavy atom. The van der Waals surface area contributed by atoms with Crippen molar-refractivity contribution in [3.05, 3.63) is 48.0 Å². The molecule has 0 saturated carbocycles. The van der Waals surface area contributed by atoms with Gasteiger partial charge in [0.1, 0.15) is 0 Å². The van der Waals surface area contributed by atoms with E-state index in [4.69, 9.17) is 5.11 Å². The molecule has 2 N–H and O–H groups in total. The second-order valence-electron chi connectivity index (χ2n) is 6.22. The number of carbonyl (C=O) groups excluding carboxylic acids is 1. The maximum absolute atomic E-state index is 12.5. The fourth-order valence-electron chi connectivity index (χ4n) is 3.14. The molecule has 1 aromatic carbocycles. The van der Waals surface area contributed by atoms with Crippen LogP contribution in [0.3, 0.4) is 0 Å². The highest BCUT2D eigenvalue weighted by atomic mass is 16.3. The molecule has 4 nitrogen and oxygen atoms in total. The molecule has 1 aliphatic rings. The van der Waals surface area contributed by atoms with Gasteiger partial charge in [-0.05, 0) is 30.4 Å². The van der Waals surface area contributed by atoms with E-state index in [1.807, 2.05) is 35.2 Å². The fraction of sp³-hybridized carbons (Fsp3) is 0.500. The number of hydrogen-bond donors (Lipinski definition) is 2. The fourth-order valence-corrected chi connectivity index (χ4v) is 3.14. The lowest BCUT2D eigenvalue weighted by Crippen LogP contribution is -2.48. The summed E-state index contributed by atoms with van der Waals surface area (Å²) in [7, 11) is 0. The van der Waals surface area contributed by atoms with Crippen molar-refractivity contribution in [1.82, 2.24) is 4.90 Å². The van der Waals surface area contributed by atoms with Crippen LogP contribution in [0, 0.1) is 5.41 Å². The molecule has 0 bridgehead atoms. The first kappa shape index (κ1) is 16.7. The van der Waals surface area contributed by atoms with E-state index in [0.717, 1.165) is 36.9 Å². The van der Waals surface area contributed by atoms with Crippen molar-refractivity contribution >= 4 is 5.91 Å². The minimum atomic E-state index is -0.226. The zero-order valence-corrected chi connectivity index (χ0v) is 13.0. The second-order valence-corrected chi connectivity index (χ2v) is 6.22. The smallest absolute Gasteiger partial charge is 0.227 e. The van der Waals surface area contributed by atoms with Crippen LogP contribution >= 0.6 is 0 Å². The molecular formula is C18H25NO3. The molecule has 1 heterocycles. The van der Waals surface area contributed by atoms with Gasteiger partial charge in [-0.25, -0.2) is 0 Å². The quantitative estimate of drug-likeness (QED) is 0.789. The summed E-state index contributed by atoms with van der Waals surface area (Å²) >= 11 is 0. The molecule has 1 amide bonds. The summed E-state index contributed by atoms with van der Waals surface area (Å²) in [6, 6.07) is 7.45. The number of rotatable bonds is 6. The molecular weight excluding hydrogens is 278 g/mol. The lowest BCUT2D eigenvalue weighted by molar-refractivity contribution is -0.134. The third-order valence-electron chi connectivity index (χ3n) is 4.49. The summed E-state index contributed by atoms with van der Waals surface area (Å²) in [5, 5.41) is 18.8. The average Bonchev–Trinajstić information content (AvgIpc) is 2.56. The highest BCUT2D eigenvalue weighted by Crippen LogP contribution is 2.33. The van der Waals surface area contributed by atoms with Gasteiger partial charge in [-0.15, -0.1) is 6.58 Å². The number of aliphatic hydroxyl groups is 2. The summed E-state index contributed by atoms with van der Waals surface area (Å²) in [6.45, 7) is 5.23. The first-order chi connectivity index (χ1) is 10.6. The van der Waals surface area contributed by atoms with Gasteiger partial charge in [0.15, 0.2) is 0 Å². The largest absolute Gasteiger partial charge is 0.396 e. The summed E-state index contributed by atoms with van der Waals surface area (Å²) in [5.41, 5.74) is 1.57. The van der Waals surface area contributed by atoms with Crippen LogP contribution < -0.4 is 0 Å². The normalized spacial score (nSPS) is 21.6. The van der Waals surface area contributed by atoms with Crippen molar-refractivity contribution in [3.63, 3.8) is 0 Å². The summed E-state index contributed by atoms with van der Waals surface area (Å²) in [4.78, 5) is 14.4. The predicted molar refractivity (Wildman–Crippen MR) is 86.2 cm³/mol. The van der Waals surface area contributed by atoms with Gasteiger partial charge < -0.3 is 15.1 Å². The standard InChI is InChI=1S/C18H25NO3/c1-2-8-18(14-21)9-3-10-19(13-18)17(22)11-15-4-6-16(12-20)7-5-15/h2,4-7,20-21H,1,3,8-14H2. The van der Waals surface area contributed by atoms with Crippen molar-refractivity contribution in [2.45, 2.75) is 32.3 Å². The van der Waals surface area contributed by atoms with Crippen molar-refractivity contribution in [1.29, 1.82) is 0 Å². The maximum Gasteiger partial charge on any atom is 0.227 e. The van der Waals surface area contributed by atoms with Gasteiger partial charge in [-0.1, -0.05) is 30.3 Å². The van der Waals surface area contributed by atoms with Crippen molar-refractivity contribution in [2.24, 2.45) is 5.41 Å². The van der Waals surface area contributed by atoms with E-state index >= 15 is 0 Å². The van der Waals surface area contributed by atoms with Gasteiger partial charge in [-0.2, -0.15) is 0 Å². The molecule has 1 unspecified atom stereocenters. The minimum Gasteiger partial charge on any atom is -0.396 e. The Balaban J connectivity index is 2.00. The van der Waals surface area contributed by atoms with Crippen LogP contribution in [0.2, 0.25) is 0 Å². The second kappa shape index (κ2) is 7.56. The molecule has 4 heteroatoms. The van der Waals surface area contributed by atoms with Crippen molar-refractivity contribution in [2.75, 3.05) is 19.7 Å². The molecule has 0 aromatic heterocycles. The maximum atomic E-state index is 12.5. The molecule has 0 radical (unpaired) electrons. The third kappa shape index (κ3) is 3.96. The van der Waals surface area contributed by atoms with Crippen molar-refractivity contribution in [3.8, 4) is 0 Å². The number of aliphatic hydroxyl groups excluding tert-OH is 2. The predicted octanol–water partition coefficient (Wildman–Crippen LogP) is 1.90. The molecule has 1 saturated heterocycles. The average molecular weight is 303 g/mol. The van der Waals surface area contributed by atoms with E-state index in [1.54, 1.807) is 0 Å². The van der Waals surface area contributed by atoms with E-state index in [9.17, 15) is 9.90 Å². The molecule has 1 fully saturated rings. The molecule has 0 spiro atoms. The Hall–Kier alpha value is -1.65. The Bertz CT molecular complexity index is 512. The Kier molecular flexibility index (Phi) is 5.75. The summed E-state index contributed by atoms with van der Waals surface area (Å²) < 4.78 is 0. The van der Waals surface area contributed by atoms with Gasteiger partial charge in [-0.3, -0.25) is 4.79 Å². The Morgan fingerprint density at radius 2 is 1.95 bits per heavy atom. The number of nitrogens with zero attached hydrogens (tertiary/aromatic N) is 1. The van der Waals surface area contributed by atoms with E-state index < -0.39 is 0 Å². The molecule has 22 heavy (non-hydrogen) atoms. The molecule has 1 aromatic rings. The molecule has 120 valence electrons. The molecule has 1 aliphatic heterocycles. The van der Waals surface area contributed by atoms with Crippen LogP contribution in [-0.4, -0.2) is 40.7 Å². The number of likely N-dealkylation sites (tertiary alicyclic amines) is 1. The third-order valence-corrected chi connectivity index (χ3v) is 4.49. The van der Waals surface area contributed by atoms with Gasteiger partial charge >= 0.3 is 0 Å². The minimum absolute atomic E-state index is 0.0148. The van der Waals surface area contributed by atoms with E-state index in [2.05, 4.69) is 6.58 Å².